The predicted molar refractivity (Wildman–Crippen MR) is 81.2 cm³/mol. The van der Waals surface area contributed by atoms with Crippen LogP contribution in [0.3, 0.4) is 0 Å². The van der Waals surface area contributed by atoms with Gasteiger partial charge in [0.2, 0.25) is 5.88 Å². The second-order valence-corrected chi connectivity index (χ2v) is 4.66. The van der Waals surface area contributed by atoms with Crippen molar-refractivity contribution in [2.75, 3.05) is 14.2 Å². The van der Waals surface area contributed by atoms with Crippen LogP contribution in [0.1, 0.15) is 33.3 Å². The molecule has 0 unspecified atom stereocenters. The average molecular weight is 316 g/mol. The number of hydrogen-bond acceptors (Lipinski definition) is 7. The fourth-order valence-electron chi connectivity index (χ4n) is 1.98. The van der Waals surface area contributed by atoms with E-state index in [9.17, 15) is 9.59 Å². The quantitative estimate of drug-likeness (QED) is 0.618. The van der Waals surface area contributed by atoms with Crippen molar-refractivity contribution in [3.63, 3.8) is 0 Å². The number of aryl methyl sites for hydroxylation is 1. The maximum atomic E-state index is 12.0. The summed E-state index contributed by atoms with van der Waals surface area (Å²) in [6, 6.07) is 6.31. The number of ether oxygens (including phenoxy) is 3. The Hall–Kier alpha value is -2.96. The molecule has 0 N–H and O–H groups in total. The Morgan fingerprint density at radius 3 is 2.48 bits per heavy atom. The zero-order valence-corrected chi connectivity index (χ0v) is 13.2. The van der Waals surface area contributed by atoms with Crippen molar-refractivity contribution in [3.05, 3.63) is 41.1 Å². The number of Topliss-reactive ketones (excluding diaryl/α,β-unsaturated/α-hetero) is 1. The summed E-state index contributed by atoms with van der Waals surface area (Å²) in [6.07, 6.45) is 0. The lowest BCUT2D eigenvalue weighted by Gasteiger charge is -2.12. The molecular weight excluding hydrogens is 300 g/mol. The van der Waals surface area contributed by atoms with E-state index in [4.69, 9.17) is 14.2 Å². The molecule has 0 amide bonds. The zero-order valence-electron chi connectivity index (χ0n) is 13.2. The number of esters is 1. The van der Waals surface area contributed by atoms with Gasteiger partial charge in [-0.3, -0.25) is 4.79 Å². The number of carbonyl (C=O) groups excluding carboxylic acids is 2. The maximum Gasteiger partial charge on any atom is 0.342 e. The summed E-state index contributed by atoms with van der Waals surface area (Å²) in [5, 5.41) is 0. The van der Waals surface area contributed by atoms with Gasteiger partial charge < -0.3 is 14.2 Å². The normalized spacial score (nSPS) is 10.1. The number of rotatable bonds is 5. The lowest BCUT2D eigenvalue weighted by atomic mass is 10.0. The van der Waals surface area contributed by atoms with Crippen LogP contribution in [0.4, 0.5) is 0 Å². The highest BCUT2D eigenvalue weighted by atomic mass is 16.5. The Morgan fingerprint density at radius 2 is 1.87 bits per heavy atom. The molecule has 0 aliphatic carbocycles. The highest BCUT2D eigenvalue weighted by Crippen LogP contribution is 2.28. The van der Waals surface area contributed by atoms with E-state index < -0.39 is 5.97 Å². The van der Waals surface area contributed by atoms with Gasteiger partial charge in [-0.25, -0.2) is 4.79 Å². The molecule has 0 bridgehead atoms. The van der Waals surface area contributed by atoms with Crippen LogP contribution in [0.15, 0.2) is 24.3 Å². The first kappa shape index (κ1) is 16.4. The number of carbonyl (C=O) groups is 2. The van der Waals surface area contributed by atoms with Crippen molar-refractivity contribution in [1.82, 2.24) is 9.97 Å². The minimum absolute atomic E-state index is 0.00713. The van der Waals surface area contributed by atoms with Crippen molar-refractivity contribution in [2.45, 2.75) is 13.8 Å². The molecule has 0 saturated carbocycles. The third-order valence-electron chi connectivity index (χ3n) is 3.02. The molecule has 7 nitrogen and oxygen atoms in total. The summed E-state index contributed by atoms with van der Waals surface area (Å²) >= 11 is 0. The monoisotopic (exact) mass is 316 g/mol. The van der Waals surface area contributed by atoms with Gasteiger partial charge in [-0.05, 0) is 19.9 Å². The summed E-state index contributed by atoms with van der Waals surface area (Å²) in [5.41, 5.74) is 0.870. The Bertz CT molecular complexity index is 758. The van der Waals surface area contributed by atoms with E-state index >= 15 is 0 Å². The Balaban J connectivity index is 2.51. The van der Waals surface area contributed by atoms with Gasteiger partial charge in [-0.2, -0.15) is 9.97 Å². The number of ketones is 1. The largest absolute Gasteiger partial charge is 0.481 e. The minimum Gasteiger partial charge on any atom is -0.481 e. The smallest absolute Gasteiger partial charge is 0.342 e. The standard InChI is InChI=1S/C16H16N2O5/c1-9-8-13(21-3)18-16(17-9)23-12-7-5-6-11(10(2)19)14(12)15(20)22-4/h5-8H,1-4H3. The number of aromatic nitrogens is 2. The summed E-state index contributed by atoms with van der Waals surface area (Å²) in [4.78, 5) is 31.9. The van der Waals surface area contributed by atoms with E-state index in [0.29, 0.717) is 11.6 Å². The first-order valence-electron chi connectivity index (χ1n) is 6.76. The molecular formula is C16H16N2O5. The topological polar surface area (TPSA) is 87.6 Å². The van der Waals surface area contributed by atoms with Crippen molar-refractivity contribution in [3.8, 4) is 17.6 Å². The second kappa shape index (κ2) is 6.87. The molecule has 0 aliphatic rings. The SMILES string of the molecule is COC(=O)c1c(Oc2nc(C)cc(OC)n2)cccc1C(C)=O. The van der Waals surface area contributed by atoms with Crippen molar-refractivity contribution in [1.29, 1.82) is 0 Å². The number of hydrogen-bond donors (Lipinski definition) is 0. The molecule has 23 heavy (non-hydrogen) atoms. The number of benzene rings is 1. The van der Waals surface area contributed by atoms with Gasteiger partial charge in [0.25, 0.3) is 0 Å². The van der Waals surface area contributed by atoms with E-state index in [2.05, 4.69) is 9.97 Å². The molecule has 7 heteroatoms. The minimum atomic E-state index is -0.676. The summed E-state index contributed by atoms with van der Waals surface area (Å²) in [6.45, 7) is 3.11. The van der Waals surface area contributed by atoms with Crippen molar-refractivity contribution in [2.24, 2.45) is 0 Å². The second-order valence-electron chi connectivity index (χ2n) is 4.66. The van der Waals surface area contributed by atoms with E-state index in [1.54, 1.807) is 19.1 Å². The van der Waals surface area contributed by atoms with Gasteiger partial charge in [0.1, 0.15) is 11.3 Å². The molecule has 0 aliphatic heterocycles. The highest BCUT2D eigenvalue weighted by molar-refractivity contribution is 6.07. The Kier molecular flexibility index (Phi) is 4.90. The molecule has 0 saturated heterocycles. The Morgan fingerprint density at radius 1 is 1.13 bits per heavy atom. The molecule has 0 radical (unpaired) electrons. The molecule has 120 valence electrons. The van der Waals surface area contributed by atoms with Crippen LogP contribution in [0.5, 0.6) is 17.6 Å². The van der Waals surface area contributed by atoms with E-state index in [1.807, 2.05) is 0 Å². The molecule has 2 aromatic rings. The van der Waals surface area contributed by atoms with Gasteiger partial charge in [-0.1, -0.05) is 12.1 Å². The van der Waals surface area contributed by atoms with Crippen LogP contribution in [-0.4, -0.2) is 35.9 Å². The number of nitrogens with zero attached hydrogens (tertiary/aromatic N) is 2. The molecule has 1 aromatic heterocycles. The first-order valence-corrected chi connectivity index (χ1v) is 6.76. The molecule has 0 spiro atoms. The van der Waals surface area contributed by atoms with Crippen LogP contribution in [0, 0.1) is 6.92 Å². The summed E-state index contributed by atoms with van der Waals surface area (Å²) in [5.74, 6) is -0.490. The van der Waals surface area contributed by atoms with Crippen LogP contribution < -0.4 is 9.47 Å². The first-order chi connectivity index (χ1) is 11.0. The van der Waals surface area contributed by atoms with E-state index in [1.165, 1.54) is 33.3 Å². The molecule has 1 aromatic carbocycles. The fourth-order valence-corrected chi connectivity index (χ4v) is 1.98. The van der Waals surface area contributed by atoms with Gasteiger partial charge in [-0.15, -0.1) is 0 Å². The van der Waals surface area contributed by atoms with Crippen LogP contribution in [0.25, 0.3) is 0 Å². The van der Waals surface area contributed by atoms with Gasteiger partial charge in [0.15, 0.2) is 5.78 Å². The third kappa shape index (κ3) is 3.63. The van der Waals surface area contributed by atoms with E-state index in [-0.39, 0.29) is 28.7 Å². The van der Waals surface area contributed by atoms with Crippen molar-refractivity contribution >= 4 is 11.8 Å². The molecule has 0 fully saturated rings. The predicted octanol–water partition coefficient (Wildman–Crippen LogP) is 2.58. The van der Waals surface area contributed by atoms with E-state index in [0.717, 1.165) is 0 Å². The fraction of sp³-hybridized carbons (Fsp3) is 0.250. The number of methoxy groups -OCH3 is 2. The van der Waals surface area contributed by atoms with Crippen LogP contribution >= 0.6 is 0 Å². The van der Waals surface area contributed by atoms with Crippen LogP contribution in [0.2, 0.25) is 0 Å². The van der Waals surface area contributed by atoms with Crippen molar-refractivity contribution < 1.29 is 23.8 Å². The lowest BCUT2D eigenvalue weighted by molar-refractivity contribution is 0.0594. The Labute approximate surface area is 133 Å². The average Bonchev–Trinajstić information content (AvgIpc) is 2.53. The third-order valence-corrected chi connectivity index (χ3v) is 3.02. The van der Waals surface area contributed by atoms with Gasteiger partial charge in [0, 0.05) is 17.3 Å². The van der Waals surface area contributed by atoms with Gasteiger partial charge in [0.05, 0.1) is 14.2 Å². The zero-order chi connectivity index (χ0) is 17.0. The lowest BCUT2D eigenvalue weighted by Crippen LogP contribution is -2.11. The van der Waals surface area contributed by atoms with Crippen LogP contribution in [-0.2, 0) is 4.74 Å². The molecule has 0 atom stereocenters. The van der Waals surface area contributed by atoms with Gasteiger partial charge >= 0.3 is 12.0 Å². The summed E-state index contributed by atoms with van der Waals surface area (Å²) < 4.78 is 15.4. The molecule has 1 heterocycles. The highest BCUT2D eigenvalue weighted by Gasteiger charge is 2.22. The summed E-state index contributed by atoms with van der Waals surface area (Å²) in [7, 11) is 2.71. The maximum absolute atomic E-state index is 12.0. The molecule has 2 rings (SSSR count).